The third-order valence-electron chi connectivity index (χ3n) is 3.56. The Bertz CT molecular complexity index is 294. The van der Waals surface area contributed by atoms with Gasteiger partial charge in [0.05, 0.1) is 0 Å². The Morgan fingerprint density at radius 3 is 2.50 bits per heavy atom. The molecular weight excluding hydrogens is 278 g/mol. The molecule has 20 heavy (non-hydrogen) atoms. The van der Waals surface area contributed by atoms with Crippen LogP contribution in [0.5, 0.6) is 0 Å². The molecule has 1 saturated carbocycles. The molecule has 0 aliphatic heterocycles. The average Bonchev–Trinajstić information content (AvgIpc) is 2.39. The van der Waals surface area contributed by atoms with Gasteiger partial charge in [-0.25, -0.2) is 0 Å². The number of carbonyl (C=O) groups is 2. The Morgan fingerprint density at radius 1 is 1.25 bits per heavy atom. The normalized spacial score (nSPS) is 16.9. The van der Waals surface area contributed by atoms with Gasteiger partial charge in [-0.1, -0.05) is 19.3 Å². The highest BCUT2D eigenvalue weighted by atomic mass is 35.5. The molecule has 1 atom stereocenters. The van der Waals surface area contributed by atoms with Crippen molar-refractivity contribution in [3.05, 3.63) is 0 Å². The summed E-state index contributed by atoms with van der Waals surface area (Å²) in [6.07, 6.45) is 6.63. The predicted molar refractivity (Wildman–Crippen MR) is 82.7 cm³/mol. The summed E-state index contributed by atoms with van der Waals surface area (Å²) >= 11 is 0. The van der Waals surface area contributed by atoms with Gasteiger partial charge in [0, 0.05) is 24.9 Å². The second-order valence-corrected chi connectivity index (χ2v) is 5.44. The molecule has 0 spiro atoms. The summed E-state index contributed by atoms with van der Waals surface area (Å²) < 4.78 is 0. The van der Waals surface area contributed by atoms with Crippen LogP contribution in [0.15, 0.2) is 0 Å². The van der Waals surface area contributed by atoms with Crippen LogP contribution in [0.1, 0.15) is 51.9 Å². The highest BCUT2D eigenvalue weighted by molar-refractivity contribution is 5.85. The molecule has 1 aliphatic rings. The molecule has 0 aromatic rings. The van der Waals surface area contributed by atoms with E-state index in [1.807, 2.05) is 6.92 Å². The van der Waals surface area contributed by atoms with Crippen LogP contribution in [0.3, 0.4) is 0 Å². The molecule has 5 nitrogen and oxygen atoms in total. The summed E-state index contributed by atoms with van der Waals surface area (Å²) in [6.45, 7) is 3.07. The lowest BCUT2D eigenvalue weighted by atomic mass is 9.88. The molecule has 0 aromatic heterocycles. The Kier molecular flexibility index (Phi) is 10.5. The maximum absolute atomic E-state index is 12.0. The molecule has 1 unspecified atom stereocenters. The largest absolute Gasteiger partial charge is 0.356 e. The Morgan fingerprint density at radius 2 is 1.90 bits per heavy atom. The van der Waals surface area contributed by atoms with Gasteiger partial charge >= 0.3 is 0 Å². The van der Waals surface area contributed by atoms with Crippen LogP contribution in [0, 0.1) is 5.92 Å². The second-order valence-electron chi connectivity index (χ2n) is 5.44. The third-order valence-corrected chi connectivity index (χ3v) is 3.56. The standard InChI is InChI=1S/C14H27N3O2.ClH/c1-11(10-13(18)16-9-5-8-15)17-14(19)12-6-3-2-4-7-12;/h11-12H,2-10,15H2,1H3,(H,16,18)(H,17,19);1H. The van der Waals surface area contributed by atoms with E-state index in [0.717, 1.165) is 32.1 Å². The van der Waals surface area contributed by atoms with Crippen LogP contribution < -0.4 is 16.4 Å². The first-order chi connectivity index (χ1) is 9.13. The number of nitrogens with one attached hydrogen (secondary N) is 2. The molecule has 1 fully saturated rings. The number of rotatable bonds is 7. The van der Waals surface area contributed by atoms with Crippen molar-refractivity contribution in [1.82, 2.24) is 10.6 Å². The molecule has 0 aromatic carbocycles. The molecule has 2 amide bonds. The van der Waals surface area contributed by atoms with Crippen LogP contribution in [-0.2, 0) is 9.59 Å². The van der Waals surface area contributed by atoms with Gasteiger partial charge in [-0.05, 0) is 32.7 Å². The van der Waals surface area contributed by atoms with Crippen molar-refractivity contribution in [2.45, 2.75) is 57.9 Å². The lowest BCUT2D eigenvalue weighted by molar-refractivity contribution is -0.127. The van der Waals surface area contributed by atoms with Gasteiger partial charge in [-0.2, -0.15) is 0 Å². The zero-order valence-electron chi connectivity index (χ0n) is 12.3. The summed E-state index contributed by atoms with van der Waals surface area (Å²) in [5, 5.41) is 5.74. The molecule has 1 rings (SSSR count). The molecular formula is C14H28ClN3O2. The van der Waals surface area contributed by atoms with Crippen LogP contribution in [-0.4, -0.2) is 30.9 Å². The molecule has 0 saturated heterocycles. The minimum Gasteiger partial charge on any atom is -0.356 e. The summed E-state index contributed by atoms with van der Waals surface area (Å²) in [7, 11) is 0. The van der Waals surface area contributed by atoms with E-state index in [1.165, 1.54) is 6.42 Å². The molecule has 4 N–H and O–H groups in total. The van der Waals surface area contributed by atoms with Crippen molar-refractivity contribution in [2.24, 2.45) is 11.7 Å². The average molecular weight is 306 g/mol. The van der Waals surface area contributed by atoms with Crippen LogP contribution in [0.4, 0.5) is 0 Å². The van der Waals surface area contributed by atoms with Gasteiger partial charge in [0.1, 0.15) is 0 Å². The first-order valence-electron chi connectivity index (χ1n) is 7.40. The maximum atomic E-state index is 12.0. The van der Waals surface area contributed by atoms with E-state index in [9.17, 15) is 9.59 Å². The maximum Gasteiger partial charge on any atom is 0.223 e. The molecule has 6 heteroatoms. The van der Waals surface area contributed by atoms with Crippen molar-refractivity contribution in [1.29, 1.82) is 0 Å². The highest BCUT2D eigenvalue weighted by Gasteiger charge is 2.22. The zero-order valence-corrected chi connectivity index (χ0v) is 13.1. The fourth-order valence-corrected chi connectivity index (χ4v) is 2.46. The van der Waals surface area contributed by atoms with Gasteiger partial charge < -0.3 is 16.4 Å². The third kappa shape index (κ3) is 7.70. The Balaban J connectivity index is 0.00000361. The molecule has 0 heterocycles. The van der Waals surface area contributed by atoms with Crippen molar-refractivity contribution < 1.29 is 9.59 Å². The quantitative estimate of drug-likeness (QED) is 0.621. The molecule has 0 radical (unpaired) electrons. The van der Waals surface area contributed by atoms with E-state index in [0.29, 0.717) is 19.5 Å². The summed E-state index contributed by atoms with van der Waals surface area (Å²) in [5.41, 5.74) is 5.36. The molecule has 1 aliphatic carbocycles. The van der Waals surface area contributed by atoms with E-state index < -0.39 is 0 Å². The fourth-order valence-electron chi connectivity index (χ4n) is 2.46. The van der Waals surface area contributed by atoms with Gasteiger partial charge in [0.25, 0.3) is 0 Å². The van der Waals surface area contributed by atoms with E-state index in [1.54, 1.807) is 0 Å². The molecule has 118 valence electrons. The van der Waals surface area contributed by atoms with Gasteiger partial charge in [-0.3, -0.25) is 9.59 Å². The lowest BCUT2D eigenvalue weighted by Gasteiger charge is -2.23. The minimum atomic E-state index is -0.104. The van der Waals surface area contributed by atoms with E-state index in [-0.39, 0.29) is 36.2 Å². The van der Waals surface area contributed by atoms with E-state index in [2.05, 4.69) is 10.6 Å². The highest BCUT2D eigenvalue weighted by Crippen LogP contribution is 2.23. The van der Waals surface area contributed by atoms with Crippen molar-refractivity contribution in [3.8, 4) is 0 Å². The van der Waals surface area contributed by atoms with Crippen LogP contribution in [0.2, 0.25) is 0 Å². The van der Waals surface area contributed by atoms with Gasteiger partial charge in [0.2, 0.25) is 11.8 Å². The second kappa shape index (κ2) is 10.9. The van der Waals surface area contributed by atoms with Gasteiger partial charge in [-0.15, -0.1) is 12.4 Å². The fraction of sp³-hybridized carbons (Fsp3) is 0.857. The first kappa shape index (κ1) is 19.2. The number of carbonyl (C=O) groups excluding carboxylic acids is 2. The van der Waals surface area contributed by atoms with Gasteiger partial charge in [0.15, 0.2) is 0 Å². The Labute approximate surface area is 127 Å². The number of hydrogen-bond donors (Lipinski definition) is 3. The lowest BCUT2D eigenvalue weighted by Crippen LogP contribution is -2.41. The topological polar surface area (TPSA) is 84.2 Å². The van der Waals surface area contributed by atoms with E-state index in [4.69, 9.17) is 5.73 Å². The Hall–Kier alpha value is -0.810. The van der Waals surface area contributed by atoms with Crippen LogP contribution >= 0.6 is 12.4 Å². The number of nitrogens with two attached hydrogens (primary N) is 1. The van der Waals surface area contributed by atoms with E-state index >= 15 is 0 Å². The summed E-state index contributed by atoms with van der Waals surface area (Å²) in [4.78, 5) is 23.6. The number of halogens is 1. The number of amides is 2. The smallest absolute Gasteiger partial charge is 0.223 e. The van der Waals surface area contributed by atoms with Crippen molar-refractivity contribution >= 4 is 24.2 Å². The summed E-state index contributed by atoms with van der Waals surface area (Å²) in [6, 6.07) is -0.104. The van der Waals surface area contributed by atoms with Crippen molar-refractivity contribution in [2.75, 3.05) is 13.1 Å². The first-order valence-corrected chi connectivity index (χ1v) is 7.40. The minimum absolute atomic E-state index is 0. The SMILES string of the molecule is CC(CC(=O)NCCCN)NC(=O)C1CCCCC1.Cl. The van der Waals surface area contributed by atoms with Crippen molar-refractivity contribution in [3.63, 3.8) is 0 Å². The predicted octanol–water partition coefficient (Wildman–Crippen LogP) is 1.35. The van der Waals surface area contributed by atoms with Crippen LogP contribution in [0.25, 0.3) is 0 Å². The number of hydrogen-bond acceptors (Lipinski definition) is 3. The monoisotopic (exact) mass is 305 g/mol. The molecule has 0 bridgehead atoms. The zero-order chi connectivity index (χ0) is 14.1. The summed E-state index contributed by atoms with van der Waals surface area (Å²) in [5.74, 6) is 0.239.